The second-order valence-electron chi connectivity index (χ2n) is 2.98. The lowest BCUT2D eigenvalue weighted by Gasteiger charge is -2.02. The number of hydrogen-bond donors (Lipinski definition) is 2. The Hall–Kier alpha value is -1.39. The number of nitrogens with one attached hydrogen (secondary N) is 2. The Balaban J connectivity index is 2.70. The topological polar surface area (TPSA) is 48.6 Å². The number of benzene rings is 1. The first-order valence-electron chi connectivity index (χ1n) is 4.25. The van der Waals surface area contributed by atoms with Crippen LogP contribution in [0.3, 0.4) is 0 Å². The molecule has 0 atom stereocenters. The van der Waals surface area contributed by atoms with Crippen molar-refractivity contribution in [3.63, 3.8) is 0 Å². The highest BCUT2D eigenvalue weighted by Crippen LogP contribution is 2.24. The maximum atomic E-state index is 11.2. The van der Waals surface area contributed by atoms with Crippen molar-refractivity contribution in [3.8, 4) is 11.3 Å². The Morgan fingerprint density at radius 3 is 2.60 bits per heavy atom. The molecule has 0 bridgehead atoms. The third-order valence-electron chi connectivity index (χ3n) is 1.92. The Bertz CT molecular complexity index is 574. The van der Waals surface area contributed by atoms with E-state index in [1.807, 2.05) is 18.2 Å². The zero-order valence-corrected chi connectivity index (χ0v) is 9.15. The van der Waals surface area contributed by atoms with Crippen molar-refractivity contribution in [2.75, 3.05) is 0 Å². The van der Waals surface area contributed by atoms with Gasteiger partial charge in [-0.15, -0.1) is 0 Å². The van der Waals surface area contributed by atoms with Crippen molar-refractivity contribution < 1.29 is 0 Å². The maximum Gasteiger partial charge on any atom is 0.324 e. The Morgan fingerprint density at radius 2 is 1.93 bits per heavy atom. The van der Waals surface area contributed by atoms with E-state index in [1.165, 1.54) is 0 Å². The molecule has 1 aromatic carbocycles. The molecule has 0 aliphatic rings. The summed E-state index contributed by atoms with van der Waals surface area (Å²) in [6.45, 7) is 0. The molecule has 0 saturated heterocycles. The van der Waals surface area contributed by atoms with Crippen LogP contribution in [0, 0.1) is 4.64 Å². The fraction of sp³-hybridized carbons (Fsp3) is 0. The monoisotopic (exact) mass is 238 g/mol. The Morgan fingerprint density at radius 1 is 1.20 bits per heavy atom. The molecule has 0 spiro atoms. The van der Waals surface area contributed by atoms with Crippen LogP contribution in [0.4, 0.5) is 0 Å². The van der Waals surface area contributed by atoms with Crippen LogP contribution in [0.15, 0.2) is 35.1 Å². The van der Waals surface area contributed by atoms with E-state index in [2.05, 4.69) is 9.97 Å². The third kappa shape index (κ3) is 2.16. The van der Waals surface area contributed by atoms with Gasteiger partial charge in [0.05, 0.1) is 5.69 Å². The largest absolute Gasteiger partial charge is 0.324 e. The average Bonchev–Trinajstić information content (AvgIpc) is 2.16. The number of aromatic nitrogens is 2. The Labute approximate surface area is 95.8 Å². The second-order valence-corrected chi connectivity index (χ2v) is 3.83. The summed E-state index contributed by atoms with van der Waals surface area (Å²) in [7, 11) is 0. The molecule has 76 valence electrons. The molecule has 15 heavy (non-hydrogen) atoms. The van der Waals surface area contributed by atoms with Crippen molar-refractivity contribution in [1.29, 1.82) is 0 Å². The molecule has 3 nitrogen and oxygen atoms in total. The van der Waals surface area contributed by atoms with E-state index in [-0.39, 0.29) is 5.69 Å². The molecule has 0 amide bonds. The normalized spacial score (nSPS) is 10.2. The van der Waals surface area contributed by atoms with Gasteiger partial charge in [0.2, 0.25) is 0 Å². The highest BCUT2D eigenvalue weighted by atomic mass is 35.5. The fourth-order valence-corrected chi connectivity index (χ4v) is 1.74. The molecule has 0 aliphatic heterocycles. The summed E-state index contributed by atoms with van der Waals surface area (Å²) in [5, 5.41) is 0.578. The zero-order valence-electron chi connectivity index (χ0n) is 7.58. The lowest BCUT2D eigenvalue weighted by Crippen LogP contribution is -2.10. The molecule has 0 unspecified atom stereocenters. The first-order valence-corrected chi connectivity index (χ1v) is 5.04. The molecule has 2 aromatic rings. The van der Waals surface area contributed by atoms with Crippen molar-refractivity contribution in [1.82, 2.24) is 9.97 Å². The molecule has 0 radical (unpaired) electrons. The van der Waals surface area contributed by atoms with Crippen molar-refractivity contribution in [2.45, 2.75) is 0 Å². The molecule has 2 rings (SSSR count). The summed E-state index contributed by atoms with van der Waals surface area (Å²) in [4.78, 5) is 16.3. The first kappa shape index (κ1) is 10.1. The Kier molecular flexibility index (Phi) is 2.70. The number of halogens is 1. The van der Waals surface area contributed by atoms with Crippen molar-refractivity contribution in [3.05, 3.63) is 50.5 Å². The fourth-order valence-electron chi connectivity index (χ4n) is 1.29. The predicted molar refractivity (Wildman–Crippen MR) is 62.7 cm³/mol. The van der Waals surface area contributed by atoms with Gasteiger partial charge < -0.3 is 4.98 Å². The average molecular weight is 239 g/mol. The predicted octanol–water partition coefficient (Wildman–Crippen LogP) is 2.75. The van der Waals surface area contributed by atoms with Gasteiger partial charge in [0, 0.05) is 10.6 Å². The maximum absolute atomic E-state index is 11.2. The van der Waals surface area contributed by atoms with E-state index in [4.69, 9.17) is 23.8 Å². The molecule has 1 heterocycles. The smallest absolute Gasteiger partial charge is 0.307 e. The molecule has 0 saturated carbocycles. The van der Waals surface area contributed by atoms with Crippen LogP contribution in [0.5, 0.6) is 0 Å². The van der Waals surface area contributed by atoms with Gasteiger partial charge in [-0.2, -0.15) is 0 Å². The van der Waals surface area contributed by atoms with E-state index in [1.54, 1.807) is 12.1 Å². The molecule has 0 fully saturated rings. The van der Waals surface area contributed by atoms with E-state index in [9.17, 15) is 4.79 Å². The van der Waals surface area contributed by atoms with E-state index < -0.39 is 0 Å². The van der Waals surface area contributed by atoms with E-state index >= 15 is 0 Å². The number of rotatable bonds is 1. The van der Waals surface area contributed by atoms with E-state index in [0.29, 0.717) is 15.4 Å². The second kappa shape index (κ2) is 4.00. The van der Waals surface area contributed by atoms with Gasteiger partial charge in [0.25, 0.3) is 0 Å². The minimum absolute atomic E-state index is 0.336. The summed E-state index contributed by atoms with van der Waals surface area (Å²) >= 11 is 10.9. The summed E-state index contributed by atoms with van der Waals surface area (Å²) in [5.74, 6) is 0. The summed E-state index contributed by atoms with van der Waals surface area (Å²) in [6.07, 6.45) is 0. The lowest BCUT2D eigenvalue weighted by atomic mass is 10.1. The van der Waals surface area contributed by atoms with Crippen LogP contribution < -0.4 is 5.69 Å². The van der Waals surface area contributed by atoms with Crippen molar-refractivity contribution >= 4 is 23.8 Å². The third-order valence-corrected chi connectivity index (χ3v) is 2.47. The molecule has 1 aromatic heterocycles. The highest BCUT2D eigenvalue weighted by molar-refractivity contribution is 7.71. The minimum Gasteiger partial charge on any atom is -0.307 e. The molecular formula is C10H7ClN2OS. The van der Waals surface area contributed by atoms with Gasteiger partial charge >= 0.3 is 5.69 Å². The highest BCUT2D eigenvalue weighted by Gasteiger charge is 2.03. The quantitative estimate of drug-likeness (QED) is 0.751. The van der Waals surface area contributed by atoms with Crippen LogP contribution in [0.1, 0.15) is 0 Å². The number of aromatic amines is 2. The van der Waals surface area contributed by atoms with E-state index in [0.717, 1.165) is 5.56 Å². The van der Waals surface area contributed by atoms with Gasteiger partial charge in [0.1, 0.15) is 4.64 Å². The van der Waals surface area contributed by atoms with Gasteiger partial charge in [-0.3, -0.25) is 4.98 Å². The SMILES string of the molecule is O=c1[nH]c(-c2ccccc2Cl)cc(=S)[nH]1. The zero-order chi connectivity index (χ0) is 10.8. The molecule has 2 N–H and O–H groups in total. The van der Waals surface area contributed by atoms with Crippen LogP contribution in [-0.4, -0.2) is 9.97 Å². The van der Waals surface area contributed by atoms with Gasteiger partial charge in [-0.05, 0) is 12.1 Å². The van der Waals surface area contributed by atoms with Crippen molar-refractivity contribution in [2.24, 2.45) is 0 Å². The summed E-state index contributed by atoms with van der Waals surface area (Å²) in [5.41, 5.74) is 1.04. The lowest BCUT2D eigenvalue weighted by molar-refractivity contribution is 1.07. The van der Waals surface area contributed by atoms with Crippen LogP contribution in [0.25, 0.3) is 11.3 Å². The summed E-state index contributed by atoms with van der Waals surface area (Å²) in [6, 6.07) is 8.92. The van der Waals surface area contributed by atoms with Gasteiger partial charge in [-0.1, -0.05) is 42.0 Å². The van der Waals surface area contributed by atoms with Crippen LogP contribution in [-0.2, 0) is 0 Å². The van der Waals surface area contributed by atoms with Gasteiger partial charge in [0.15, 0.2) is 0 Å². The van der Waals surface area contributed by atoms with Crippen LogP contribution >= 0.6 is 23.8 Å². The minimum atomic E-state index is -0.336. The standard InChI is InChI=1S/C10H7ClN2OS/c11-7-4-2-1-3-6(7)8-5-9(15)13-10(14)12-8/h1-5H,(H2,12,13,14,15). The number of hydrogen-bond acceptors (Lipinski definition) is 2. The first-order chi connectivity index (χ1) is 7.16. The molecule has 0 aliphatic carbocycles. The molecule has 5 heteroatoms. The van der Waals surface area contributed by atoms with Crippen LogP contribution in [0.2, 0.25) is 5.02 Å². The summed E-state index contributed by atoms with van der Waals surface area (Å²) < 4.78 is 0.383. The van der Waals surface area contributed by atoms with Gasteiger partial charge in [-0.25, -0.2) is 4.79 Å². The molecular weight excluding hydrogens is 232 g/mol. The number of H-pyrrole nitrogens is 2.